The zero-order valence-electron chi connectivity index (χ0n) is 14.1. The summed E-state index contributed by atoms with van der Waals surface area (Å²) < 4.78 is 4.99. The Balaban J connectivity index is 2.51. The molecule has 0 amide bonds. The number of ether oxygens (including phenoxy) is 1. The predicted octanol–water partition coefficient (Wildman–Crippen LogP) is 1.56. The lowest BCUT2D eigenvalue weighted by Crippen LogP contribution is -2.45. The number of esters is 1. The van der Waals surface area contributed by atoms with E-state index in [1.54, 1.807) is 20.8 Å². The van der Waals surface area contributed by atoms with Gasteiger partial charge >= 0.3 is 5.97 Å². The molecule has 1 rings (SSSR count). The third kappa shape index (κ3) is 4.78. The summed E-state index contributed by atoms with van der Waals surface area (Å²) in [7, 11) is 1.95. The molecule has 0 radical (unpaired) electrons. The number of hydrogen-bond acceptors (Lipinski definition) is 5. The van der Waals surface area contributed by atoms with Crippen molar-refractivity contribution in [2.45, 2.75) is 46.6 Å². The standard InChI is InChI=1S/C16H30N2O3/c1-6-18-10-8-9-13(18)11-17(5)12-14(19)16(3,4)15(20)21-7-2/h13H,6-12H2,1-5H3. The SMILES string of the molecule is CCOC(=O)C(C)(C)C(=O)CN(C)CC1CCCN1CC. The van der Waals surface area contributed by atoms with Crippen LogP contribution in [0.4, 0.5) is 0 Å². The Morgan fingerprint density at radius 1 is 1.33 bits per heavy atom. The van der Waals surface area contributed by atoms with E-state index in [4.69, 9.17) is 4.74 Å². The van der Waals surface area contributed by atoms with Gasteiger partial charge in [0.15, 0.2) is 5.78 Å². The van der Waals surface area contributed by atoms with Crippen molar-refractivity contribution >= 4 is 11.8 Å². The van der Waals surface area contributed by atoms with Crippen LogP contribution in [0.25, 0.3) is 0 Å². The lowest BCUT2D eigenvalue weighted by molar-refractivity contribution is -0.158. The van der Waals surface area contributed by atoms with Crippen LogP contribution in [0.5, 0.6) is 0 Å². The molecule has 1 unspecified atom stereocenters. The van der Waals surface area contributed by atoms with Crippen LogP contribution in [0.1, 0.15) is 40.5 Å². The number of nitrogens with zero attached hydrogens (tertiary/aromatic N) is 2. The molecule has 1 aliphatic heterocycles. The fourth-order valence-electron chi connectivity index (χ4n) is 2.81. The highest BCUT2D eigenvalue weighted by atomic mass is 16.5. The molecule has 0 aromatic rings. The molecule has 1 fully saturated rings. The first kappa shape index (κ1) is 18.1. The van der Waals surface area contributed by atoms with Crippen molar-refractivity contribution < 1.29 is 14.3 Å². The van der Waals surface area contributed by atoms with Gasteiger partial charge < -0.3 is 4.74 Å². The number of rotatable bonds is 8. The van der Waals surface area contributed by atoms with Crippen LogP contribution in [-0.2, 0) is 14.3 Å². The number of likely N-dealkylation sites (N-methyl/N-ethyl adjacent to an activating group) is 2. The summed E-state index contributed by atoms with van der Waals surface area (Å²) in [5.41, 5.74) is -1.07. The minimum Gasteiger partial charge on any atom is -0.465 e. The van der Waals surface area contributed by atoms with Gasteiger partial charge in [-0.15, -0.1) is 0 Å². The number of likely N-dealkylation sites (tertiary alicyclic amines) is 1. The molecule has 1 heterocycles. The van der Waals surface area contributed by atoms with Gasteiger partial charge in [0.1, 0.15) is 5.41 Å². The van der Waals surface area contributed by atoms with Gasteiger partial charge in [0, 0.05) is 12.6 Å². The molecule has 0 aromatic carbocycles. The van der Waals surface area contributed by atoms with E-state index in [2.05, 4.69) is 11.8 Å². The van der Waals surface area contributed by atoms with E-state index in [1.807, 2.05) is 11.9 Å². The molecule has 1 aliphatic rings. The third-order valence-corrected chi connectivity index (χ3v) is 4.32. The molecule has 1 saturated heterocycles. The van der Waals surface area contributed by atoms with Gasteiger partial charge in [0.25, 0.3) is 0 Å². The average Bonchev–Trinajstić information content (AvgIpc) is 2.85. The summed E-state index contributed by atoms with van der Waals surface area (Å²) in [5.74, 6) is -0.510. The second kappa shape index (κ2) is 7.90. The molecule has 0 N–H and O–H groups in total. The molecule has 21 heavy (non-hydrogen) atoms. The van der Waals surface area contributed by atoms with Crippen molar-refractivity contribution in [1.29, 1.82) is 0 Å². The maximum Gasteiger partial charge on any atom is 0.319 e. The van der Waals surface area contributed by atoms with Crippen LogP contribution in [0, 0.1) is 5.41 Å². The third-order valence-electron chi connectivity index (χ3n) is 4.32. The lowest BCUT2D eigenvalue weighted by atomic mass is 9.88. The number of carbonyl (C=O) groups excluding carboxylic acids is 2. The van der Waals surface area contributed by atoms with Crippen LogP contribution < -0.4 is 0 Å². The normalized spacial score (nSPS) is 20.0. The minimum atomic E-state index is -1.07. The summed E-state index contributed by atoms with van der Waals surface area (Å²) in [6.07, 6.45) is 2.42. The Hall–Kier alpha value is -0.940. The Morgan fingerprint density at radius 2 is 2.00 bits per heavy atom. The van der Waals surface area contributed by atoms with Crippen molar-refractivity contribution in [3.8, 4) is 0 Å². The van der Waals surface area contributed by atoms with E-state index in [-0.39, 0.29) is 5.78 Å². The highest BCUT2D eigenvalue weighted by Gasteiger charge is 2.37. The van der Waals surface area contributed by atoms with Crippen molar-refractivity contribution in [3.05, 3.63) is 0 Å². The molecule has 0 bridgehead atoms. The first-order chi connectivity index (χ1) is 9.82. The quantitative estimate of drug-likeness (QED) is 0.503. The largest absolute Gasteiger partial charge is 0.465 e. The van der Waals surface area contributed by atoms with Gasteiger partial charge in [-0.2, -0.15) is 0 Å². The highest BCUT2D eigenvalue weighted by Crippen LogP contribution is 2.21. The lowest BCUT2D eigenvalue weighted by Gasteiger charge is -2.29. The summed E-state index contributed by atoms with van der Waals surface area (Å²) in [6.45, 7) is 10.9. The summed E-state index contributed by atoms with van der Waals surface area (Å²) in [4.78, 5) is 28.7. The average molecular weight is 298 g/mol. The van der Waals surface area contributed by atoms with E-state index in [0.29, 0.717) is 19.2 Å². The van der Waals surface area contributed by atoms with E-state index >= 15 is 0 Å². The first-order valence-corrected chi connectivity index (χ1v) is 7.96. The van der Waals surface area contributed by atoms with Crippen molar-refractivity contribution in [2.75, 3.05) is 39.8 Å². The van der Waals surface area contributed by atoms with Crippen molar-refractivity contribution in [3.63, 3.8) is 0 Å². The van der Waals surface area contributed by atoms with E-state index in [9.17, 15) is 9.59 Å². The molecule has 5 heteroatoms. The monoisotopic (exact) mass is 298 g/mol. The zero-order valence-corrected chi connectivity index (χ0v) is 14.1. The van der Waals surface area contributed by atoms with Gasteiger partial charge in [-0.05, 0) is 53.8 Å². The molecular weight excluding hydrogens is 268 g/mol. The Morgan fingerprint density at radius 3 is 2.57 bits per heavy atom. The highest BCUT2D eigenvalue weighted by molar-refractivity contribution is 6.03. The number of carbonyl (C=O) groups is 2. The molecule has 0 spiro atoms. The molecule has 1 atom stereocenters. The molecule has 0 saturated carbocycles. The summed E-state index contributed by atoms with van der Waals surface area (Å²) in [6, 6.07) is 0.526. The first-order valence-electron chi connectivity index (χ1n) is 7.96. The summed E-state index contributed by atoms with van der Waals surface area (Å²) >= 11 is 0. The zero-order chi connectivity index (χ0) is 16.0. The Kier molecular flexibility index (Phi) is 6.81. The molecule has 122 valence electrons. The predicted molar refractivity (Wildman–Crippen MR) is 83.2 cm³/mol. The molecule has 0 aliphatic carbocycles. The van der Waals surface area contributed by atoms with E-state index in [1.165, 1.54) is 12.8 Å². The Bertz CT molecular complexity index is 369. The number of Topliss-reactive ketones (excluding diaryl/α,β-unsaturated/α-hetero) is 1. The number of hydrogen-bond donors (Lipinski definition) is 0. The van der Waals surface area contributed by atoms with Gasteiger partial charge in [-0.3, -0.25) is 19.4 Å². The van der Waals surface area contributed by atoms with Gasteiger partial charge in [0.2, 0.25) is 0 Å². The smallest absolute Gasteiger partial charge is 0.319 e. The second-order valence-corrected chi connectivity index (χ2v) is 6.39. The van der Waals surface area contributed by atoms with Crippen LogP contribution in [0.3, 0.4) is 0 Å². The fraction of sp³-hybridized carbons (Fsp3) is 0.875. The van der Waals surface area contributed by atoms with Crippen LogP contribution >= 0.6 is 0 Å². The minimum absolute atomic E-state index is 0.0792. The summed E-state index contributed by atoms with van der Waals surface area (Å²) in [5, 5.41) is 0. The van der Waals surface area contributed by atoms with Crippen molar-refractivity contribution in [2.24, 2.45) is 5.41 Å². The second-order valence-electron chi connectivity index (χ2n) is 6.39. The van der Waals surface area contributed by atoms with Crippen LogP contribution in [-0.4, -0.2) is 67.4 Å². The van der Waals surface area contributed by atoms with Gasteiger partial charge in [-0.25, -0.2) is 0 Å². The topological polar surface area (TPSA) is 49.9 Å². The van der Waals surface area contributed by atoms with E-state index in [0.717, 1.165) is 19.6 Å². The van der Waals surface area contributed by atoms with Crippen LogP contribution in [0.15, 0.2) is 0 Å². The maximum absolute atomic E-state index is 12.4. The molecule has 5 nitrogen and oxygen atoms in total. The van der Waals surface area contributed by atoms with Crippen molar-refractivity contribution in [1.82, 2.24) is 9.80 Å². The fourth-order valence-corrected chi connectivity index (χ4v) is 2.81. The van der Waals surface area contributed by atoms with E-state index < -0.39 is 11.4 Å². The molecule has 0 aromatic heterocycles. The Labute approximate surface area is 128 Å². The molecular formula is C16H30N2O3. The van der Waals surface area contributed by atoms with Gasteiger partial charge in [-0.1, -0.05) is 6.92 Å². The van der Waals surface area contributed by atoms with Gasteiger partial charge in [0.05, 0.1) is 13.2 Å². The van der Waals surface area contributed by atoms with Crippen LogP contribution in [0.2, 0.25) is 0 Å². The maximum atomic E-state index is 12.4. The number of ketones is 1.